The van der Waals surface area contributed by atoms with Crippen molar-refractivity contribution in [3.63, 3.8) is 0 Å². The third-order valence-corrected chi connectivity index (χ3v) is 4.70. The van der Waals surface area contributed by atoms with E-state index in [1.54, 1.807) is 29.6 Å². The molecule has 3 aromatic rings. The van der Waals surface area contributed by atoms with E-state index in [1.165, 1.54) is 6.33 Å². The molecule has 0 aliphatic carbocycles. The molecule has 9 heteroatoms. The minimum absolute atomic E-state index is 0.0756. The van der Waals surface area contributed by atoms with Gasteiger partial charge < -0.3 is 5.32 Å². The average Bonchev–Trinajstić information content (AvgIpc) is 3.13. The molecule has 0 unspecified atom stereocenters. The van der Waals surface area contributed by atoms with Crippen molar-refractivity contribution in [1.82, 2.24) is 24.7 Å². The van der Waals surface area contributed by atoms with Crippen LogP contribution >= 0.6 is 0 Å². The van der Waals surface area contributed by atoms with Gasteiger partial charge in [0, 0.05) is 61.7 Å². The SMILES string of the molecule is Cc1cc2n(n1)CCCN2C(=O)CCC(=O)Nc1ccc(-c2cncnc2)cn1. The molecule has 0 aromatic carbocycles. The monoisotopic (exact) mass is 391 g/mol. The summed E-state index contributed by atoms with van der Waals surface area (Å²) in [5, 5.41) is 7.12. The third-order valence-electron chi connectivity index (χ3n) is 4.70. The highest BCUT2D eigenvalue weighted by molar-refractivity contribution is 5.97. The molecule has 9 nitrogen and oxygen atoms in total. The number of rotatable bonds is 5. The van der Waals surface area contributed by atoms with E-state index in [0.717, 1.165) is 35.6 Å². The highest BCUT2D eigenvalue weighted by atomic mass is 16.2. The maximum atomic E-state index is 12.6. The molecule has 0 saturated carbocycles. The van der Waals surface area contributed by atoms with Crippen LogP contribution in [0.3, 0.4) is 0 Å². The van der Waals surface area contributed by atoms with E-state index in [4.69, 9.17) is 0 Å². The van der Waals surface area contributed by atoms with Crippen LogP contribution in [0, 0.1) is 6.92 Å². The second-order valence-electron chi connectivity index (χ2n) is 6.87. The molecule has 0 atom stereocenters. The number of amides is 2. The van der Waals surface area contributed by atoms with Crippen LogP contribution in [0.5, 0.6) is 0 Å². The standard InChI is InChI=1S/C20H21N7O2/c1-14-9-19-26(7-2-8-27(19)25-14)20(29)6-5-18(28)24-17-4-3-15(12-23-17)16-10-21-13-22-11-16/h3-4,9-13H,2,5-8H2,1H3,(H,23,24,28). The Morgan fingerprint density at radius 2 is 1.90 bits per heavy atom. The largest absolute Gasteiger partial charge is 0.311 e. The Labute approximate surface area is 167 Å². The molecule has 0 spiro atoms. The molecule has 1 N–H and O–H groups in total. The number of nitrogens with zero attached hydrogens (tertiary/aromatic N) is 6. The zero-order valence-corrected chi connectivity index (χ0v) is 16.1. The van der Waals surface area contributed by atoms with Gasteiger partial charge in [0.1, 0.15) is 18.0 Å². The lowest BCUT2D eigenvalue weighted by Gasteiger charge is -2.27. The Hall–Kier alpha value is -3.62. The molecule has 0 saturated heterocycles. The molecule has 0 radical (unpaired) electrons. The van der Waals surface area contributed by atoms with Gasteiger partial charge in [0.15, 0.2) is 0 Å². The Kier molecular flexibility index (Phi) is 5.28. The van der Waals surface area contributed by atoms with Crippen molar-refractivity contribution < 1.29 is 9.59 Å². The predicted octanol–water partition coefficient (Wildman–Crippen LogP) is 2.20. The molecule has 3 aromatic heterocycles. The molecule has 29 heavy (non-hydrogen) atoms. The molecule has 1 aliphatic heterocycles. The zero-order valence-electron chi connectivity index (χ0n) is 16.1. The summed E-state index contributed by atoms with van der Waals surface area (Å²) < 4.78 is 1.85. The third kappa shape index (κ3) is 4.29. The van der Waals surface area contributed by atoms with Crippen molar-refractivity contribution in [3.8, 4) is 11.1 Å². The first kappa shape index (κ1) is 18.7. The van der Waals surface area contributed by atoms with Gasteiger partial charge in [-0.15, -0.1) is 0 Å². The van der Waals surface area contributed by atoms with Gasteiger partial charge in [-0.3, -0.25) is 14.5 Å². The van der Waals surface area contributed by atoms with E-state index in [2.05, 4.69) is 25.4 Å². The molecular weight excluding hydrogens is 370 g/mol. The van der Waals surface area contributed by atoms with Crippen LogP contribution in [0.4, 0.5) is 11.6 Å². The van der Waals surface area contributed by atoms with Crippen LogP contribution in [0.2, 0.25) is 0 Å². The van der Waals surface area contributed by atoms with E-state index >= 15 is 0 Å². The molecule has 2 amide bonds. The Bertz CT molecular complexity index is 1020. The summed E-state index contributed by atoms with van der Waals surface area (Å²) in [6.07, 6.45) is 7.59. The highest BCUT2D eigenvalue weighted by Crippen LogP contribution is 2.23. The first-order valence-electron chi connectivity index (χ1n) is 9.46. The summed E-state index contributed by atoms with van der Waals surface area (Å²) in [7, 11) is 0. The number of hydrogen-bond acceptors (Lipinski definition) is 6. The Balaban J connectivity index is 1.32. The molecule has 4 heterocycles. The second kappa shape index (κ2) is 8.17. The molecule has 0 bridgehead atoms. The smallest absolute Gasteiger partial charge is 0.228 e. The summed E-state index contributed by atoms with van der Waals surface area (Å²) in [5.74, 6) is 0.924. The van der Waals surface area contributed by atoms with Crippen molar-refractivity contribution in [2.75, 3.05) is 16.8 Å². The van der Waals surface area contributed by atoms with Crippen LogP contribution < -0.4 is 10.2 Å². The lowest BCUT2D eigenvalue weighted by Crippen LogP contribution is -2.37. The van der Waals surface area contributed by atoms with Gasteiger partial charge in [-0.2, -0.15) is 5.10 Å². The van der Waals surface area contributed by atoms with Gasteiger partial charge in [-0.1, -0.05) is 0 Å². The Morgan fingerprint density at radius 3 is 2.66 bits per heavy atom. The fraction of sp³-hybridized carbons (Fsp3) is 0.300. The number of anilines is 2. The van der Waals surface area contributed by atoms with Gasteiger partial charge in [0.25, 0.3) is 0 Å². The Morgan fingerprint density at radius 1 is 1.07 bits per heavy atom. The van der Waals surface area contributed by atoms with E-state index in [1.807, 2.05) is 23.7 Å². The summed E-state index contributed by atoms with van der Waals surface area (Å²) in [5.41, 5.74) is 2.59. The van der Waals surface area contributed by atoms with Gasteiger partial charge in [0.05, 0.1) is 5.69 Å². The van der Waals surface area contributed by atoms with E-state index < -0.39 is 0 Å². The lowest BCUT2D eigenvalue weighted by atomic mass is 10.1. The van der Waals surface area contributed by atoms with Crippen molar-refractivity contribution >= 4 is 23.5 Å². The van der Waals surface area contributed by atoms with Gasteiger partial charge >= 0.3 is 0 Å². The van der Waals surface area contributed by atoms with E-state index in [0.29, 0.717) is 12.4 Å². The molecule has 4 rings (SSSR count). The van der Waals surface area contributed by atoms with Crippen LogP contribution in [0.1, 0.15) is 25.0 Å². The molecule has 1 aliphatic rings. The quantitative estimate of drug-likeness (QED) is 0.715. The predicted molar refractivity (Wildman–Crippen MR) is 107 cm³/mol. The number of aryl methyl sites for hydroxylation is 2. The average molecular weight is 391 g/mol. The summed E-state index contributed by atoms with van der Waals surface area (Å²) in [6.45, 7) is 3.37. The van der Waals surface area contributed by atoms with E-state index in [-0.39, 0.29) is 24.7 Å². The number of aromatic nitrogens is 5. The maximum absolute atomic E-state index is 12.6. The van der Waals surface area contributed by atoms with Crippen LogP contribution in [-0.4, -0.2) is 43.1 Å². The first-order chi connectivity index (χ1) is 14.1. The van der Waals surface area contributed by atoms with Gasteiger partial charge in [-0.25, -0.2) is 19.6 Å². The lowest BCUT2D eigenvalue weighted by molar-refractivity contribution is -0.122. The van der Waals surface area contributed by atoms with Crippen molar-refractivity contribution in [1.29, 1.82) is 0 Å². The second-order valence-corrected chi connectivity index (χ2v) is 6.87. The summed E-state index contributed by atoms with van der Waals surface area (Å²) in [6, 6.07) is 5.46. The van der Waals surface area contributed by atoms with Crippen LogP contribution in [0.25, 0.3) is 11.1 Å². The number of fused-ring (bicyclic) bond motifs is 1. The number of nitrogens with one attached hydrogen (secondary N) is 1. The molecule has 148 valence electrons. The van der Waals surface area contributed by atoms with Gasteiger partial charge in [0.2, 0.25) is 11.8 Å². The minimum Gasteiger partial charge on any atom is -0.311 e. The normalized spacial score (nSPS) is 13.1. The fourth-order valence-corrected chi connectivity index (χ4v) is 3.31. The first-order valence-corrected chi connectivity index (χ1v) is 9.46. The molecule has 0 fully saturated rings. The van der Waals surface area contributed by atoms with Crippen molar-refractivity contribution in [2.45, 2.75) is 32.7 Å². The minimum atomic E-state index is -0.247. The highest BCUT2D eigenvalue weighted by Gasteiger charge is 2.24. The number of carbonyl (C=O) groups is 2. The summed E-state index contributed by atoms with van der Waals surface area (Å²) in [4.78, 5) is 38.8. The van der Waals surface area contributed by atoms with Crippen molar-refractivity contribution in [2.24, 2.45) is 0 Å². The summed E-state index contributed by atoms with van der Waals surface area (Å²) >= 11 is 0. The van der Waals surface area contributed by atoms with Crippen LogP contribution in [0.15, 0.2) is 43.1 Å². The van der Waals surface area contributed by atoms with E-state index in [9.17, 15) is 9.59 Å². The van der Waals surface area contributed by atoms with Crippen LogP contribution in [-0.2, 0) is 16.1 Å². The van der Waals surface area contributed by atoms with Crippen molar-refractivity contribution in [3.05, 3.63) is 48.8 Å². The number of carbonyl (C=O) groups excluding carboxylic acids is 2. The number of pyridine rings is 1. The maximum Gasteiger partial charge on any atom is 0.228 e. The topological polar surface area (TPSA) is 106 Å². The molecular formula is C20H21N7O2. The van der Waals surface area contributed by atoms with Gasteiger partial charge in [-0.05, 0) is 25.5 Å². The number of hydrogen-bond donors (Lipinski definition) is 1. The fourth-order valence-electron chi connectivity index (χ4n) is 3.31. The zero-order chi connectivity index (χ0) is 20.2.